The summed E-state index contributed by atoms with van der Waals surface area (Å²) in [5.74, 6) is -0.645. The number of para-hydroxylation sites is 1. The van der Waals surface area contributed by atoms with Crippen molar-refractivity contribution in [1.82, 2.24) is 14.6 Å². The highest BCUT2D eigenvalue weighted by Gasteiger charge is 2.56. The van der Waals surface area contributed by atoms with Gasteiger partial charge in [-0.2, -0.15) is 10.1 Å². The lowest BCUT2D eigenvalue weighted by Gasteiger charge is -2.25. The Kier molecular flexibility index (Phi) is 9.14. The van der Waals surface area contributed by atoms with Crippen LogP contribution in [-0.2, 0) is 23.4 Å². The lowest BCUT2D eigenvalue weighted by molar-refractivity contribution is -0.149. The van der Waals surface area contributed by atoms with Crippen LogP contribution in [0.1, 0.15) is 33.9 Å². The molecule has 2 heterocycles. The molecule has 12 nitrogen and oxygen atoms in total. The van der Waals surface area contributed by atoms with E-state index in [1.807, 2.05) is 0 Å². The smallest absolute Gasteiger partial charge is 0.459 e. The highest BCUT2D eigenvalue weighted by Crippen LogP contribution is 2.47. The number of carbonyl (C=O) groups is 1. The number of aliphatic hydroxyl groups is 1. The average Bonchev–Trinajstić information content (AvgIpc) is 3.03. The summed E-state index contributed by atoms with van der Waals surface area (Å²) in [6, 6.07) is 6.91. The molecule has 2 aromatic rings. The zero-order valence-electron chi connectivity index (χ0n) is 20.5. The van der Waals surface area contributed by atoms with E-state index in [1.165, 1.54) is 25.3 Å². The molecule has 0 saturated carbocycles. The number of aliphatic hydroxyl groups excluding tert-OH is 1. The van der Waals surface area contributed by atoms with Crippen LogP contribution < -0.4 is 21.0 Å². The molecule has 1 aromatic carbocycles. The molecule has 0 amide bonds. The second-order valence-corrected chi connectivity index (χ2v) is 11.4. The van der Waals surface area contributed by atoms with Crippen LogP contribution in [0.4, 0.5) is 10.2 Å². The van der Waals surface area contributed by atoms with E-state index in [0.29, 0.717) is 0 Å². The van der Waals surface area contributed by atoms with Gasteiger partial charge >= 0.3 is 19.4 Å². The van der Waals surface area contributed by atoms with Gasteiger partial charge < -0.3 is 24.8 Å². The van der Waals surface area contributed by atoms with Crippen molar-refractivity contribution in [2.24, 2.45) is 0 Å². The predicted octanol–water partition coefficient (Wildman–Crippen LogP) is 2.71. The first-order valence-corrected chi connectivity index (χ1v) is 13.6. The molecule has 1 fully saturated rings. The molecular formula is C22H29BrFN4O8P. The van der Waals surface area contributed by atoms with Crippen molar-refractivity contribution in [3.05, 3.63) is 51.5 Å². The maximum Gasteiger partial charge on any atom is 0.459 e. The van der Waals surface area contributed by atoms with Crippen molar-refractivity contribution >= 4 is 35.5 Å². The lowest BCUT2D eigenvalue weighted by atomic mass is 9.98. The van der Waals surface area contributed by atoms with Crippen LogP contribution in [0.5, 0.6) is 5.75 Å². The van der Waals surface area contributed by atoms with E-state index in [-0.39, 0.29) is 16.0 Å². The Balaban J connectivity index is 1.81. The largest absolute Gasteiger partial charge is 0.462 e. The molecule has 1 unspecified atom stereocenters. The number of nitrogens with two attached hydrogens (primary N) is 1. The second kappa shape index (κ2) is 11.6. The van der Waals surface area contributed by atoms with Crippen molar-refractivity contribution in [3.63, 3.8) is 0 Å². The summed E-state index contributed by atoms with van der Waals surface area (Å²) in [5.41, 5.74) is 2.22. The number of hydrogen-bond acceptors (Lipinski definition) is 10. The summed E-state index contributed by atoms with van der Waals surface area (Å²) in [4.78, 5) is 28.2. The van der Waals surface area contributed by atoms with Gasteiger partial charge in [-0.05, 0) is 55.8 Å². The van der Waals surface area contributed by atoms with Gasteiger partial charge in [-0.25, -0.2) is 13.8 Å². The molecule has 1 aliphatic rings. The summed E-state index contributed by atoms with van der Waals surface area (Å²) in [5, 5.41) is 13.1. The molecule has 3 rings (SSSR count). The summed E-state index contributed by atoms with van der Waals surface area (Å²) in [7, 11) is -4.30. The van der Waals surface area contributed by atoms with E-state index in [9.17, 15) is 19.3 Å². The average molecular weight is 607 g/mol. The number of rotatable bonds is 10. The van der Waals surface area contributed by atoms with Gasteiger partial charge in [0.15, 0.2) is 11.9 Å². The molecule has 15 heteroatoms. The van der Waals surface area contributed by atoms with Gasteiger partial charge in [0.25, 0.3) is 0 Å². The summed E-state index contributed by atoms with van der Waals surface area (Å²) < 4.78 is 52.0. The molecule has 4 N–H and O–H groups in total. The Morgan fingerprint density at radius 3 is 2.65 bits per heavy atom. The monoisotopic (exact) mass is 606 g/mol. The SMILES string of the molecule is CC(C)OC(=O)[C@@H](C)NP(=O)(OC[C@H]1O[C@@H](n2cc(Br)c(N)nc2=O)[C@](C)(F)[C@@H]1O)Oc1ccccc1. The number of nitrogens with one attached hydrogen (secondary N) is 1. The zero-order chi connectivity index (χ0) is 27.5. The van der Waals surface area contributed by atoms with Crippen LogP contribution in [0.25, 0.3) is 0 Å². The molecule has 204 valence electrons. The second-order valence-electron chi connectivity index (χ2n) is 8.82. The van der Waals surface area contributed by atoms with Gasteiger partial charge in [0, 0.05) is 6.20 Å². The number of ether oxygens (including phenoxy) is 2. The van der Waals surface area contributed by atoms with Crippen LogP contribution in [0.3, 0.4) is 0 Å². The number of halogens is 2. The highest BCUT2D eigenvalue weighted by molar-refractivity contribution is 9.10. The van der Waals surface area contributed by atoms with E-state index in [2.05, 4.69) is 26.0 Å². The maximum absolute atomic E-state index is 15.6. The molecule has 0 bridgehead atoms. The Labute approximate surface area is 221 Å². The number of benzene rings is 1. The van der Waals surface area contributed by atoms with Gasteiger partial charge in [-0.3, -0.25) is 13.9 Å². The van der Waals surface area contributed by atoms with Gasteiger partial charge in [0.05, 0.1) is 17.2 Å². The predicted molar refractivity (Wildman–Crippen MR) is 134 cm³/mol. The molecule has 1 aliphatic heterocycles. The molecule has 0 aliphatic carbocycles. The third kappa shape index (κ3) is 6.95. The molecule has 1 saturated heterocycles. The normalized spacial score (nSPS) is 26.0. The Bertz CT molecular complexity index is 1210. The fourth-order valence-corrected chi connectivity index (χ4v) is 5.29. The fourth-order valence-electron chi connectivity index (χ4n) is 3.48. The molecule has 0 spiro atoms. The Morgan fingerprint density at radius 1 is 1.38 bits per heavy atom. The number of alkyl halides is 1. The summed E-state index contributed by atoms with van der Waals surface area (Å²) >= 11 is 3.12. The highest BCUT2D eigenvalue weighted by atomic mass is 79.9. The summed E-state index contributed by atoms with van der Waals surface area (Å²) in [6.07, 6.45) is -4.00. The van der Waals surface area contributed by atoms with E-state index in [4.69, 9.17) is 24.3 Å². The number of hydrogen-bond donors (Lipinski definition) is 3. The van der Waals surface area contributed by atoms with Gasteiger partial charge in [0.1, 0.15) is 29.8 Å². The number of aromatic nitrogens is 2. The van der Waals surface area contributed by atoms with Gasteiger partial charge in [-0.1, -0.05) is 18.2 Å². The molecule has 1 aromatic heterocycles. The third-order valence-electron chi connectivity index (χ3n) is 5.34. The minimum absolute atomic E-state index is 0.101. The Hall–Kier alpha value is -2.35. The van der Waals surface area contributed by atoms with Crippen molar-refractivity contribution in [2.75, 3.05) is 12.3 Å². The maximum atomic E-state index is 15.6. The first-order chi connectivity index (χ1) is 17.2. The van der Waals surface area contributed by atoms with Gasteiger partial charge in [-0.15, -0.1) is 0 Å². The standard InChI is InChI=1S/C22H29BrFN4O8P/c1-12(2)34-19(30)13(3)27-37(32,36-14-8-6-5-7-9-14)33-11-16-17(29)22(4,24)20(35-16)28-10-15(23)18(25)26-21(28)31/h5-10,12-13,16-17,20,29H,11H2,1-4H3,(H,27,32)(H2,25,26,31)/t13-,16-,17-,20-,22-,37?/m1/s1. The van der Waals surface area contributed by atoms with Crippen LogP contribution in [0, 0.1) is 0 Å². The van der Waals surface area contributed by atoms with E-state index < -0.39 is 62.3 Å². The van der Waals surface area contributed by atoms with Crippen molar-refractivity contribution < 1.29 is 37.4 Å². The number of carbonyl (C=O) groups excluding carboxylic acids is 1. The quantitative estimate of drug-likeness (QED) is 0.269. The van der Waals surface area contributed by atoms with Crippen LogP contribution in [-0.4, -0.2) is 57.3 Å². The number of nitrogen functional groups attached to an aromatic ring is 1. The van der Waals surface area contributed by atoms with E-state index in [0.717, 1.165) is 11.5 Å². The molecule has 6 atom stereocenters. The number of anilines is 1. The first kappa shape index (κ1) is 29.2. The van der Waals surface area contributed by atoms with Crippen LogP contribution in [0.2, 0.25) is 0 Å². The van der Waals surface area contributed by atoms with Gasteiger partial charge in [0.2, 0.25) is 0 Å². The fraction of sp³-hybridized carbons (Fsp3) is 0.500. The number of nitrogens with zero attached hydrogens (tertiary/aromatic N) is 2. The Morgan fingerprint density at radius 2 is 2.03 bits per heavy atom. The third-order valence-corrected chi connectivity index (χ3v) is 7.59. The molecule has 0 radical (unpaired) electrons. The minimum Gasteiger partial charge on any atom is -0.462 e. The molecule has 37 heavy (non-hydrogen) atoms. The summed E-state index contributed by atoms with van der Waals surface area (Å²) in [6.45, 7) is 5.14. The van der Waals surface area contributed by atoms with Crippen LogP contribution in [0.15, 0.2) is 45.8 Å². The molecular weight excluding hydrogens is 578 g/mol. The van der Waals surface area contributed by atoms with E-state index in [1.54, 1.807) is 32.0 Å². The zero-order valence-corrected chi connectivity index (χ0v) is 23.0. The lowest BCUT2D eigenvalue weighted by Crippen LogP contribution is -2.43. The topological polar surface area (TPSA) is 164 Å². The van der Waals surface area contributed by atoms with Crippen molar-refractivity contribution in [3.8, 4) is 5.75 Å². The van der Waals surface area contributed by atoms with Crippen molar-refractivity contribution in [1.29, 1.82) is 0 Å². The van der Waals surface area contributed by atoms with E-state index >= 15 is 4.39 Å². The van der Waals surface area contributed by atoms with Crippen molar-refractivity contribution in [2.45, 2.75) is 63.9 Å². The van der Waals surface area contributed by atoms with Crippen LogP contribution >= 0.6 is 23.7 Å². The number of esters is 1. The minimum atomic E-state index is -4.30. The first-order valence-electron chi connectivity index (χ1n) is 11.3.